The first-order valence-electron chi connectivity index (χ1n) is 7.51. The van der Waals surface area contributed by atoms with Crippen LogP contribution in [0.1, 0.15) is 21.5 Å². The lowest BCUT2D eigenvalue weighted by Crippen LogP contribution is -2.35. The molecule has 2 aromatic carbocycles. The molecule has 5 nitrogen and oxygen atoms in total. The summed E-state index contributed by atoms with van der Waals surface area (Å²) < 4.78 is 5.26. The molecule has 0 saturated carbocycles. The molecule has 0 fully saturated rings. The fourth-order valence-electron chi connectivity index (χ4n) is 2.73. The third-order valence-corrected chi connectivity index (χ3v) is 3.88. The van der Waals surface area contributed by atoms with E-state index in [0.29, 0.717) is 24.4 Å². The molecule has 0 unspecified atom stereocenters. The van der Waals surface area contributed by atoms with Gasteiger partial charge in [0.2, 0.25) is 0 Å². The van der Waals surface area contributed by atoms with Crippen molar-refractivity contribution in [3.05, 3.63) is 65.2 Å². The van der Waals surface area contributed by atoms with Crippen LogP contribution in [0.3, 0.4) is 0 Å². The van der Waals surface area contributed by atoms with Crippen LogP contribution in [0.4, 0.5) is 0 Å². The molecule has 2 amide bonds. The van der Waals surface area contributed by atoms with E-state index in [1.54, 1.807) is 24.3 Å². The molecule has 23 heavy (non-hydrogen) atoms. The molecule has 118 valence electrons. The van der Waals surface area contributed by atoms with Crippen LogP contribution < -0.4 is 10.5 Å². The summed E-state index contributed by atoms with van der Waals surface area (Å²) in [4.78, 5) is 25.3. The normalized spacial score (nSPS) is 13.3. The van der Waals surface area contributed by atoms with Crippen molar-refractivity contribution in [1.82, 2.24) is 4.90 Å². The topological polar surface area (TPSA) is 72.6 Å². The largest absolute Gasteiger partial charge is 0.484 e. The molecule has 0 spiro atoms. The first kappa shape index (κ1) is 15.1. The quantitative estimate of drug-likeness (QED) is 0.935. The van der Waals surface area contributed by atoms with Crippen molar-refractivity contribution in [2.45, 2.75) is 13.0 Å². The van der Waals surface area contributed by atoms with Crippen molar-refractivity contribution in [2.75, 3.05) is 13.2 Å². The molecule has 2 N–H and O–H groups in total. The van der Waals surface area contributed by atoms with Gasteiger partial charge in [-0.15, -0.1) is 0 Å². The van der Waals surface area contributed by atoms with E-state index in [-0.39, 0.29) is 12.5 Å². The summed E-state index contributed by atoms with van der Waals surface area (Å²) in [5.74, 6) is -0.120. The Bertz CT molecular complexity index is 743. The van der Waals surface area contributed by atoms with E-state index in [9.17, 15) is 9.59 Å². The van der Waals surface area contributed by atoms with Gasteiger partial charge in [0.15, 0.2) is 6.61 Å². The van der Waals surface area contributed by atoms with Gasteiger partial charge in [-0.2, -0.15) is 0 Å². The maximum atomic E-state index is 12.7. The minimum Gasteiger partial charge on any atom is -0.484 e. The third kappa shape index (κ3) is 3.51. The first-order valence-corrected chi connectivity index (χ1v) is 7.51. The Hall–Kier alpha value is -2.82. The SMILES string of the molecule is NC(=O)COc1cccc(C(=O)N2CCc3ccccc3C2)c1. The summed E-state index contributed by atoms with van der Waals surface area (Å²) in [5.41, 5.74) is 8.10. The zero-order chi connectivity index (χ0) is 16.2. The van der Waals surface area contributed by atoms with Gasteiger partial charge in [-0.1, -0.05) is 30.3 Å². The molecule has 5 heteroatoms. The van der Waals surface area contributed by atoms with Crippen LogP contribution in [0.25, 0.3) is 0 Å². The lowest BCUT2D eigenvalue weighted by atomic mass is 9.99. The van der Waals surface area contributed by atoms with Crippen molar-refractivity contribution in [3.8, 4) is 5.75 Å². The van der Waals surface area contributed by atoms with Gasteiger partial charge in [-0.05, 0) is 35.7 Å². The highest BCUT2D eigenvalue weighted by atomic mass is 16.5. The highest BCUT2D eigenvalue weighted by Gasteiger charge is 2.21. The zero-order valence-electron chi connectivity index (χ0n) is 12.7. The number of ether oxygens (including phenoxy) is 1. The monoisotopic (exact) mass is 310 g/mol. The van der Waals surface area contributed by atoms with Crippen molar-refractivity contribution in [2.24, 2.45) is 5.73 Å². The molecule has 1 heterocycles. The lowest BCUT2D eigenvalue weighted by Gasteiger charge is -2.29. The Morgan fingerprint density at radius 2 is 1.87 bits per heavy atom. The number of rotatable bonds is 4. The smallest absolute Gasteiger partial charge is 0.255 e. The summed E-state index contributed by atoms with van der Waals surface area (Å²) in [6.07, 6.45) is 0.861. The standard InChI is InChI=1S/C18H18N2O3/c19-17(21)12-23-16-7-3-6-14(10-16)18(22)20-9-8-13-4-1-2-5-15(13)11-20/h1-7,10H,8-9,11-12H2,(H2,19,21). The van der Waals surface area contributed by atoms with E-state index >= 15 is 0 Å². The molecule has 1 aliphatic heterocycles. The van der Waals surface area contributed by atoms with Crippen LogP contribution in [0.2, 0.25) is 0 Å². The fraction of sp³-hybridized carbons (Fsp3) is 0.222. The molecular weight excluding hydrogens is 292 g/mol. The molecule has 1 aliphatic rings. The molecule has 0 bridgehead atoms. The third-order valence-electron chi connectivity index (χ3n) is 3.88. The molecular formula is C18H18N2O3. The van der Waals surface area contributed by atoms with Crippen molar-refractivity contribution in [3.63, 3.8) is 0 Å². The molecule has 0 radical (unpaired) electrons. The molecule has 0 aromatic heterocycles. The van der Waals surface area contributed by atoms with Crippen LogP contribution in [0.15, 0.2) is 48.5 Å². The van der Waals surface area contributed by atoms with E-state index in [0.717, 1.165) is 6.42 Å². The number of carbonyl (C=O) groups is 2. The van der Waals surface area contributed by atoms with E-state index in [4.69, 9.17) is 10.5 Å². The Labute approximate surface area is 134 Å². The van der Waals surface area contributed by atoms with Gasteiger partial charge in [-0.3, -0.25) is 9.59 Å². The van der Waals surface area contributed by atoms with Crippen LogP contribution in [0, 0.1) is 0 Å². The second kappa shape index (κ2) is 6.52. The maximum absolute atomic E-state index is 12.7. The van der Waals surface area contributed by atoms with E-state index in [1.807, 2.05) is 17.0 Å². The van der Waals surface area contributed by atoms with Crippen LogP contribution >= 0.6 is 0 Å². The second-order valence-corrected chi connectivity index (χ2v) is 5.53. The average Bonchev–Trinajstić information content (AvgIpc) is 2.59. The number of hydrogen-bond acceptors (Lipinski definition) is 3. The van der Waals surface area contributed by atoms with E-state index in [2.05, 4.69) is 12.1 Å². The fourth-order valence-corrected chi connectivity index (χ4v) is 2.73. The number of amides is 2. The van der Waals surface area contributed by atoms with Crippen molar-refractivity contribution >= 4 is 11.8 Å². The molecule has 3 rings (SSSR count). The van der Waals surface area contributed by atoms with Gasteiger partial charge < -0.3 is 15.4 Å². The summed E-state index contributed by atoms with van der Waals surface area (Å²) in [6, 6.07) is 15.0. The Morgan fingerprint density at radius 1 is 1.09 bits per heavy atom. The Morgan fingerprint density at radius 3 is 2.65 bits per heavy atom. The second-order valence-electron chi connectivity index (χ2n) is 5.53. The molecule has 0 atom stereocenters. The zero-order valence-corrected chi connectivity index (χ0v) is 12.7. The van der Waals surface area contributed by atoms with Gasteiger partial charge >= 0.3 is 0 Å². The van der Waals surface area contributed by atoms with E-state index < -0.39 is 5.91 Å². The van der Waals surface area contributed by atoms with Crippen molar-refractivity contribution < 1.29 is 14.3 Å². The summed E-state index contributed by atoms with van der Waals surface area (Å²) in [6.45, 7) is 1.11. The summed E-state index contributed by atoms with van der Waals surface area (Å²) >= 11 is 0. The number of benzene rings is 2. The van der Waals surface area contributed by atoms with E-state index in [1.165, 1.54) is 11.1 Å². The van der Waals surface area contributed by atoms with Crippen LogP contribution in [-0.4, -0.2) is 29.9 Å². The number of carbonyl (C=O) groups excluding carboxylic acids is 2. The molecule has 2 aromatic rings. The number of hydrogen-bond donors (Lipinski definition) is 1. The minimum absolute atomic E-state index is 0.0379. The predicted octanol–water partition coefficient (Wildman–Crippen LogP) is 1.75. The highest BCUT2D eigenvalue weighted by molar-refractivity contribution is 5.94. The number of nitrogens with two attached hydrogens (primary N) is 1. The van der Waals surface area contributed by atoms with Gasteiger partial charge in [0.25, 0.3) is 11.8 Å². The van der Waals surface area contributed by atoms with Gasteiger partial charge in [0, 0.05) is 18.7 Å². The number of nitrogens with zero attached hydrogens (tertiary/aromatic N) is 1. The Balaban J connectivity index is 1.73. The van der Waals surface area contributed by atoms with Gasteiger partial charge in [0.05, 0.1) is 0 Å². The van der Waals surface area contributed by atoms with Gasteiger partial charge in [-0.25, -0.2) is 0 Å². The first-order chi connectivity index (χ1) is 11.1. The van der Waals surface area contributed by atoms with Gasteiger partial charge in [0.1, 0.15) is 5.75 Å². The summed E-state index contributed by atoms with van der Waals surface area (Å²) in [7, 11) is 0. The molecule has 0 saturated heterocycles. The highest BCUT2D eigenvalue weighted by Crippen LogP contribution is 2.21. The lowest BCUT2D eigenvalue weighted by molar-refractivity contribution is -0.119. The number of primary amides is 1. The average molecular weight is 310 g/mol. The maximum Gasteiger partial charge on any atom is 0.255 e. The van der Waals surface area contributed by atoms with Crippen molar-refractivity contribution in [1.29, 1.82) is 0 Å². The molecule has 0 aliphatic carbocycles. The van der Waals surface area contributed by atoms with Crippen LogP contribution in [0.5, 0.6) is 5.75 Å². The summed E-state index contributed by atoms with van der Waals surface area (Å²) in [5, 5.41) is 0. The Kier molecular flexibility index (Phi) is 4.28. The van der Waals surface area contributed by atoms with Crippen LogP contribution in [-0.2, 0) is 17.8 Å². The minimum atomic E-state index is -0.547. The number of fused-ring (bicyclic) bond motifs is 1. The predicted molar refractivity (Wildman–Crippen MR) is 86.0 cm³/mol.